The molecule has 3 nitrogen and oxygen atoms in total. The van der Waals surface area contributed by atoms with Crippen LogP contribution in [-0.4, -0.2) is 8.42 Å². The van der Waals surface area contributed by atoms with Crippen LogP contribution >= 0.6 is 15.9 Å². The van der Waals surface area contributed by atoms with E-state index in [9.17, 15) is 8.42 Å². The van der Waals surface area contributed by atoms with E-state index in [0.29, 0.717) is 10.6 Å². The van der Waals surface area contributed by atoms with E-state index < -0.39 is 10.0 Å². The largest absolute Gasteiger partial charge is 0.280 e. The second-order valence-electron chi connectivity index (χ2n) is 4.38. The summed E-state index contributed by atoms with van der Waals surface area (Å²) in [6.07, 6.45) is 0. The van der Waals surface area contributed by atoms with Crippen molar-refractivity contribution in [1.82, 2.24) is 0 Å². The molecule has 0 aromatic heterocycles. The summed E-state index contributed by atoms with van der Waals surface area (Å²) in [5.74, 6) is 0. The average Bonchev–Trinajstić information content (AvgIpc) is 2.27. The first-order chi connectivity index (χ1) is 8.88. The molecule has 0 unspecified atom stereocenters. The van der Waals surface area contributed by atoms with E-state index in [4.69, 9.17) is 0 Å². The molecule has 0 heterocycles. The van der Waals surface area contributed by atoms with E-state index in [2.05, 4.69) is 20.7 Å². The summed E-state index contributed by atoms with van der Waals surface area (Å²) in [5, 5.41) is 0. The molecule has 19 heavy (non-hydrogen) atoms. The number of sulfonamides is 1. The van der Waals surface area contributed by atoms with Crippen LogP contribution in [0.5, 0.6) is 0 Å². The second-order valence-corrected chi connectivity index (χ2v) is 6.95. The maximum Gasteiger partial charge on any atom is 0.262 e. The lowest BCUT2D eigenvalue weighted by molar-refractivity contribution is 0.600. The minimum absolute atomic E-state index is 0.304. The molecular formula is C14H14BrNO2S. The summed E-state index contributed by atoms with van der Waals surface area (Å²) in [6.45, 7) is 3.73. The molecule has 0 saturated carbocycles. The van der Waals surface area contributed by atoms with Crippen LogP contribution in [0.15, 0.2) is 51.8 Å². The van der Waals surface area contributed by atoms with Gasteiger partial charge in [0.2, 0.25) is 0 Å². The maximum absolute atomic E-state index is 12.3. The van der Waals surface area contributed by atoms with Gasteiger partial charge in [0.1, 0.15) is 0 Å². The van der Waals surface area contributed by atoms with Crippen molar-refractivity contribution in [1.29, 1.82) is 0 Å². The SMILES string of the molecule is Cc1ccc(S(=O)(=O)Nc2cccc(Br)c2)c(C)c1. The fourth-order valence-electron chi connectivity index (χ4n) is 1.86. The van der Waals surface area contributed by atoms with Gasteiger partial charge in [-0.15, -0.1) is 0 Å². The molecule has 1 N–H and O–H groups in total. The number of aryl methyl sites for hydroxylation is 2. The zero-order chi connectivity index (χ0) is 14.0. The van der Waals surface area contributed by atoms with Crippen LogP contribution < -0.4 is 4.72 Å². The molecule has 0 aliphatic heterocycles. The van der Waals surface area contributed by atoms with Gasteiger partial charge in [0, 0.05) is 10.2 Å². The van der Waals surface area contributed by atoms with E-state index in [1.807, 2.05) is 19.1 Å². The Kier molecular flexibility index (Phi) is 3.96. The van der Waals surface area contributed by atoms with Gasteiger partial charge in [-0.25, -0.2) is 8.42 Å². The maximum atomic E-state index is 12.3. The Bertz CT molecular complexity index is 711. The van der Waals surface area contributed by atoms with Crippen LogP contribution in [0.3, 0.4) is 0 Å². The van der Waals surface area contributed by atoms with Gasteiger partial charge >= 0.3 is 0 Å². The average molecular weight is 340 g/mol. The third-order valence-corrected chi connectivity index (χ3v) is 4.73. The summed E-state index contributed by atoms with van der Waals surface area (Å²) < 4.78 is 28.0. The summed E-state index contributed by atoms with van der Waals surface area (Å²) >= 11 is 3.32. The van der Waals surface area contributed by atoms with Gasteiger partial charge in [-0.2, -0.15) is 0 Å². The van der Waals surface area contributed by atoms with Crippen LogP contribution in [-0.2, 0) is 10.0 Å². The minimum atomic E-state index is -3.55. The van der Waals surface area contributed by atoms with E-state index in [0.717, 1.165) is 15.6 Å². The molecule has 2 aromatic rings. The minimum Gasteiger partial charge on any atom is -0.280 e. The lowest BCUT2D eigenvalue weighted by Gasteiger charge is -2.11. The van der Waals surface area contributed by atoms with Crippen LogP contribution in [0.4, 0.5) is 5.69 Å². The number of anilines is 1. The quantitative estimate of drug-likeness (QED) is 0.922. The molecule has 2 rings (SSSR count). The third kappa shape index (κ3) is 3.36. The Balaban J connectivity index is 2.38. The van der Waals surface area contributed by atoms with Crippen LogP contribution in [0.1, 0.15) is 11.1 Å². The number of benzene rings is 2. The van der Waals surface area contributed by atoms with Crippen molar-refractivity contribution < 1.29 is 8.42 Å². The van der Waals surface area contributed by atoms with Crippen molar-refractivity contribution in [3.63, 3.8) is 0 Å². The van der Waals surface area contributed by atoms with Gasteiger partial charge in [-0.1, -0.05) is 39.7 Å². The standard InChI is InChI=1S/C14H14BrNO2S/c1-10-6-7-14(11(2)8-10)19(17,18)16-13-5-3-4-12(15)9-13/h3-9,16H,1-2H3. The molecule has 0 fully saturated rings. The highest BCUT2D eigenvalue weighted by Gasteiger charge is 2.16. The zero-order valence-electron chi connectivity index (χ0n) is 10.6. The van der Waals surface area contributed by atoms with Crippen LogP contribution in [0.2, 0.25) is 0 Å². The summed E-state index contributed by atoms with van der Waals surface area (Å²) in [4.78, 5) is 0.304. The molecule has 0 radical (unpaired) electrons. The van der Waals surface area contributed by atoms with E-state index in [1.165, 1.54) is 0 Å². The van der Waals surface area contributed by atoms with E-state index >= 15 is 0 Å². The predicted molar refractivity (Wildman–Crippen MR) is 80.9 cm³/mol. The highest BCUT2D eigenvalue weighted by Crippen LogP contribution is 2.22. The van der Waals surface area contributed by atoms with Crippen molar-refractivity contribution in [2.24, 2.45) is 0 Å². The van der Waals surface area contributed by atoms with Crippen molar-refractivity contribution >= 4 is 31.6 Å². The fraction of sp³-hybridized carbons (Fsp3) is 0.143. The van der Waals surface area contributed by atoms with Gasteiger partial charge < -0.3 is 0 Å². The molecule has 100 valence electrons. The number of rotatable bonds is 3. The summed E-state index contributed by atoms with van der Waals surface area (Å²) in [6, 6.07) is 12.3. The molecule has 0 atom stereocenters. The topological polar surface area (TPSA) is 46.2 Å². The lowest BCUT2D eigenvalue weighted by atomic mass is 10.2. The van der Waals surface area contributed by atoms with Crippen LogP contribution in [0.25, 0.3) is 0 Å². The first-order valence-corrected chi connectivity index (χ1v) is 8.02. The van der Waals surface area contributed by atoms with E-state index in [1.54, 1.807) is 37.3 Å². The van der Waals surface area contributed by atoms with Gasteiger partial charge in [-0.3, -0.25) is 4.72 Å². The number of hydrogen-bond acceptors (Lipinski definition) is 2. The van der Waals surface area contributed by atoms with Crippen molar-refractivity contribution in [3.05, 3.63) is 58.1 Å². The molecule has 0 aliphatic rings. The second kappa shape index (κ2) is 5.35. The summed E-state index contributed by atoms with van der Waals surface area (Å²) in [5.41, 5.74) is 2.32. The fourth-order valence-corrected chi connectivity index (χ4v) is 3.54. The third-order valence-electron chi connectivity index (χ3n) is 2.70. The van der Waals surface area contributed by atoms with Gasteiger partial charge in [0.25, 0.3) is 10.0 Å². The normalized spacial score (nSPS) is 11.3. The number of hydrogen-bond donors (Lipinski definition) is 1. The first-order valence-electron chi connectivity index (χ1n) is 5.74. The number of nitrogens with one attached hydrogen (secondary N) is 1. The first kappa shape index (κ1) is 14.1. The summed E-state index contributed by atoms with van der Waals surface area (Å²) in [7, 11) is -3.55. The predicted octanol–water partition coefficient (Wildman–Crippen LogP) is 3.87. The van der Waals surface area contributed by atoms with Crippen molar-refractivity contribution in [2.45, 2.75) is 18.7 Å². The Morgan fingerprint density at radius 2 is 1.79 bits per heavy atom. The molecule has 0 bridgehead atoms. The molecule has 5 heteroatoms. The molecule has 0 amide bonds. The van der Waals surface area contributed by atoms with Crippen molar-refractivity contribution in [2.75, 3.05) is 4.72 Å². The van der Waals surface area contributed by atoms with Crippen LogP contribution in [0, 0.1) is 13.8 Å². The van der Waals surface area contributed by atoms with E-state index in [-0.39, 0.29) is 0 Å². The Labute approximate surface area is 121 Å². The molecule has 0 saturated heterocycles. The lowest BCUT2D eigenvalue weighted by Crippen LogP contribution is -2.14. The smallest absolute Gasteiger partial charge is 0.262 e. The Morgan fingerprint density at radius 3 is 2.42 bits per heavy atom. The van der Waals surface area contributed by atoms with Crippen molar-refractivity contribution in [3.8, 4) is 0 Å². The highest BCUT2D eigenvalue weighted by atomic mass is 79.9. The highest BCUT2D eigenvalue weighted by molar-refractivity contribution is 9.10. The van der Waals surface area contributed by atoms with Gasteiger partial charge in [-0.05, 0) is 43.7 Å². The Morgan fingerprint density at radius 1 is 1.05 bits per heavy atom. The van der Waals surface area contributed by atoms with Gasteiger partial charge in [0.15, 0.2) is 0 Å². The molecule has 2 aromatic carbocycles. The molecule has 0 spiro atoms. The van der Waals surface area contributed by atoms with Gasteiger partial charge in [0.05, 0.1) is 4.90 Å². The molecule has 0 aliphatic carbocycles. The molecular weight excluding hydrogens is 326 g/mol. The number of halogens is 1. The Hall–Kier alpha value is -1.33. The zero-order valence-corrected chi connectivity index (χ0v) is 13.0. The monoisotopic (exact) mass is 339 g/mol.